The van der Waals surface area contributed by atoms with Gasteiger partial charge in [-0.15, -0.1) is 0 Å². The van der Waals surface area contributed by atoms with Gasteiger partial charge in [0.25, 0.3) is 5.95 Å². The zero-order valence-electron chi connectivity index (χ0n) is 16.9. The van der Waals surface area contributed by atoms with Crippen LogP contribution in [0.25, 0.3) is 6.08 Å². The Morgan fingerprint density at radius 2 is 1.81 bits per heavy atom. The molecule has 2 aromatic rings. The highest BCUT2D eigenvalue weighted by atomic mass is 79.9. The van der Waals surface area contributed by atoms with Crippen LogP contribution in [-0.2, 0) is 23.4 Å². The smallest absolute Gasteiger partial charge is 0.474 e. The Morgan fingerprint density at radius 1 is 1.19 bits per heavy atom. The van der Waals surface area contributed by atoms with Gasteiger partial charge in [-0.1, -0.05) is 0 Å². The molecule has 0 bridgehead atoms. The largest absolute Gasteiger partial charge is 0.544 e. The summed E-state index contributed by atoms with van der Waals surface area (Å²) in [5.41, 5.74) is 0.751. The second-order valence-electron chi connectivity index (χ2n) is 7.17. The maximum atomic E-state index is 10.8. The first-order chi connectivity index (χ1) is 15.6. The van der Waals surface area contributed by atoms with Crippen LogP contribution in [0.1, 0.15) is 12.5 Å². The van der Waals surface area contributed by atoms with Crippen LogP contribution >= 0.6 is 15.9 Å². The highest BCUT2D eigenvalue weighted by molar-refractivity contribution is 9.10. The van der Waals surface area contributed by atoms with E-state index in [2.05, 4.69) is 40.9 Å². The van der Waals surface area contributed by atoms with Crippen molar-refractivity contribution in [1.82, 2.24) is 19.9 Å². The molecule has 4 fully saturated rings. The zero-order chi connectivity index (χ0) is 22.1. The second-order valence-corrected chi connectivity index (χ2v) is 8.09. The van der Waals surface area contributed by atoms with Gasteiger partial charge < -0.3 is 23.3 Å². The minimum absolute atomic E-state index is 0.0192. The van der Waals surface area contributed by atoms with Gasteiger partial charge in [0.05, 0.1) is 23.4 Å². The minimum atomic E-state index is -0.0640. The predicted molar refractivity (Wildman–Crippen MR) is 122 cm³/mol. The van der Waals surface area contributed by atoms with Gasteiger partial charge in [-0.3, -0.25) is 4.79 Å². The van der Waals surface area contributed by atoms with E-state index in [-0.39, 0.29) is 32.7 Å². The standard InChI is InChI=1S/C10H8B2N3O3.C6H6B2BrN3O2/c1-6(16)2-3-7-4-13-10(14-5-7)15-9-12(18-9)8-11-17-8;9-5-1-10-6(11-2-5)12(7-3-13-7)8-4-14-8/h2-5,8H,1H3;1-2H,3-4H2/b3-2+,15-9?;. The van der Waals surface area contributed by atoms with Crippen molar-refractivity contribution in [2.24, 2.45) is 4.99 Å². The zero-order valence-corrected chi connectivity index (χ0v) is 18.5. The third-order valence-corrected chi connectivity index (χ3v) is 4.90. The first kappa shape index (κ1) is 21.3. The quantitative estimate of drug-likeness (QED) is 0.302. The molecule has 157 valence electrons. The van der Waals surface area contributed by atoms with Crippen molar-refractivity contribution < 1.29 is 23.4 Å². The first-order valence-corrected chi connectivity index (χ1v) is 10.6. The van der Waals surface area contributed by atoms with Crippen LogP contribution in [0.15, 0.2) is 40.3 Å². The Labute approximate surface area is 193 Å². The molecule has 32 heavy (non-hydrogen) atoms. The average molecular weight is 493 g/mol. The number of aliphatic imine (C=N–C) groups is 1. The molecule has 0 spiro atoms. The summed E-state index contributed by atoms with van der Waals surface area (Å²) in [6.45, 7) is 2.89. The van der Waals surface area contributed by atoms with Crippen molar-refractivity contribution in [3.8, 4) is 0 Å². The molecule has 1 atom stereocenters. The third kappa shape index (κ3) is 5.82. The van der Waals surface area contributed by atoms with Crippen LogP contribution in [0.2, 0.25) is 0 Å². The Bertz CT molecular complexity index is 1040. The van der Waals surface area contributed by atoms with Crippen LogP contribution < -0.4 is 4.72 Å². The highest BCUT2D eigenvalue weighted by Crippen LogP contribution is 2.25. The lowest BCUT2D eigenvalue weighted by atomic mass is 9.65. The van der Waals surface area contributed by atoms with Gasteiger partial charge in [0, 0.05) is 30.4 Å². The molecule has 11 nitrogen and oxygen atoms in total. The van der Waals surface area contributed by atoms with Gasteiger partial charge >= 0.3 is 28.5 Å². The lowest BCUT2D eigenvalue weighted by molar-refractivity contribution is -0.112. The van der Waals surface area contributed by atoms with E-state index in [0.717, 1.165) is 23.0 Å². The number of carbonyl (C=O) groups is 1. The lowest BCUT2D eigenvalue weighted by Crippen LogP contribution is -2.38. The van der Waals surface area contributed by atoms with Crippen LogP contribution in [0.4, 0.5) is 11.9 Å². The Hall–Kier alpha value is -2.54. The van der Waals surface area contributed by atoms with E-state index in [1.807, 2.05) is 4.72 Å². The van der Waals surface area contributed by atoms with Crippen molar-refractivity contribution in [3.63, 3.8) is 0 Å². The van der Waals surface area contributed by atoms with E-state index in [9.17, 15) is 4.79 Å². The molecule has 16 heteroatoms. The number of nitrogens with zero attached hydrogens (tertiary/aromatic N) is 6. The minimum Gasteiger partial charge on any atom is -0.544 e. The molecule has 4 saturated heterocycles. The summed E-state index contributed by atoms with van der Waals surface area (Å²) in [4.78, 5) is 31.4. The number of rotatable bonds is 7. The molecule has 4 aliphatic rings. The molecular weight excluding hydrogens is 479 g/mol. The SMILES string of the molecule is Brc1cnc(N(B2CO2)B2CO2)nc1.CC(=O)/C=C/c1cnc(N=C2OB2C2[B]O2)nc1. The van der Waals surface area contributed by atoms with Crippen molar-refractivity contribution in [1.29, 1.82) is 0 Å². The Balaban J connectivity index is 0.000000139. The molecule has 0 amide bonds. The van der Waals surface area contributed by atoms with Crippen LogP contribution in [0, 0.1) is 0 Å². The average Bonchev–Trinajstić information content (AvgIpc) is 3.63. The van der Waals surface area contributed by atoms with Gasteiger partial charge in [-0.2, -0.15) is 4.99 Å². The van der Waals surface area contributed by atoms with Crippen molar-refractivity contribution in [2.45, 2.75) is 12.8 Å². The number of carbonyl (C=O) groups excluding carboxylic acids is 1. The van der Waals surface area contributed by atoms with Crippen molar-refractivity contribution >= 4 is 74.0 Å². The molecule has 0 saturated carbocycles. The summed E-state index contributed by atoms with van der Waals surface area (Å²) >= 11 is 3.29. The summed E-state index contributed by atoms with van der Waals surface area (Å²) < 4.78 is 23.4. The van der Waals surface area contributed by atoms with Gasteiger partial charge in [-0.05, 0) is 35.0 Å². The Kier molecular flexibility index (Phi) is 6.09. The van der Waals surface area contributed by atoms with Crippen LogP contribution in [-0.4, -0.2) is 78.9 Å². The maximum Gasteiger partial charge on any atom is 0.474 e. The topological polar surface area (TPSA) is 134 Å². The number of ketones is 1. The van der Waals surface area contributed by atoms with Gasteiger partial charge in [-0.25, -0.2) is 19.9 Å². The van der Waals surface area contributed by atoms with E-state index in [1.54, 1.807) is 38.3 Å². The third-order valence-electron chi connectivity index (χ3n) is 4.49. The second kappa shape index (κ2) is 9.14. The number of aromatic nitrogens is 4. The molecule has 6 heterocycles. The van der Waals surface area contributed by atoms with E-state index >= 15 is 0 Å². The van der Waals surface area contributed by atoms with E-state index in [4.69, 9.17) is 18.6 Å². The molecular formula is C16H14B4BrN6O5. The molecule has 0 aliphatic carbocycles. The number of halogens is 1. The summed E-state index contributed by atoms with van der Waals surface area (Å²) in [7, 11) is 1.90. The van der Waals surface area contributed by atoms with E-state index in [0.29, 0.717) is 17.7 Å². The predicted octanol–water partition coefficient (Wildman–Crippen LogP) is 0.345. The monoisotopic (exact) mass is 493 g/mol. The fraction of sp³-hybridized carbons (Fsp3) is 0.250. The molecule has 1 radical (unpaired) electrons. The van der Waals surface area contributed by atoms with Gasteiger partial charge in [0.2, 0.25) is 5.95 Å². The number of anilines is 1. The normalized spacial score (nSPS) is 20.9. The molecule has 0 aromatic carbocycles. The van der Waals surface area contributed by atoms with Crippen molar-refractivity contribution in [2.75, 3.05) is 17.7 Å². The van der Waals surface area contributed by atoms with Crippen LogP contribution in [0.3, 0.4) is 0 Å². The summed E-state index contributed by atoms with van der Waals surface area (Å²) in [5, 5.41) is 0. The fourth-order valence-electron chi connectivity index (χ4n) is 2.66. The molecule has 2 aromatic heterocycles. The van der Waals surface area contributed by atoms with Gasteiger partial charge in [0.1, 0.15) is 0 Å². The summed E-state index contributed by atoms with van der Waals surface area (Å²) in [6, 6.07) is 0. The fourth-order valence-corrected chi connectivity index (χ4v) is 2.86. The number of allylic oxidation sites excluding steroid dienone is 1. The number of hydrogen-bond acceptors (Lipinski definition) is 11. The maximum absolute atomic E-state index is 10.8. The lowest BCUT2D eigenvalue weighted by Gasteiger charge is -2.14. The summed E-state index contributed by atoms with van der Waals surface area (Å²) in [6.07, 6.45) is 9.76. The van der Waals surface area contributed by atoms with Crippen molar-refractivity contribution in [3.05, 3.63) is 40.9 Å². The molecule has 0 N–H and O–H groups in total. The molecule has 4 aliphatic heterocycles. The molecule has 6 rings (SSSR count). The van der Waals surface area contributed by atoms with E-state index in [1.165, 1.54) is 13.0 Å². The van der Waals surface area contributed by atoms with Crippen LogP contribution in [0.5, 0.6) is 0 Å². The summed E-state index contributed by atoms with van der Waals surface area (Å²) in [5.74, 6) is 1.63. The first-order valence-electron chi connectivity index (χ1n) is 9.80. The number of hydrogen-bond donors (Lipinski definition) is 0. The van der Waals surface area contributed by atoms with Gasteiger partial charge in [0.15, 0.2) is 11.6 Å². The Morgan fingerprint density at radius 3 is 2.34 bits per heavy atom. The molecule has 1 unspecified atom stereocenters. The van der Waals surface area contributed by atoms with E-state index < -0.39 is 0 Å². The highest BCUT2D eigenvalue weighted by Gasteiger charge is 2.57.